The Morgan fingerprint density at radius 2 is 0.500 bits per heavy atom. The maximum Gasteiger partial charge on any atom is 0 e. The largest absolute Gasteiger partial charge is 0 e. The van der Waals surface area contributed by atoms with E-state index >= 15 is 0 Å². The molecule has 0 aromatic carbocycles. The van der Waals surface area contributed by atoms with Gasteiger partial charge in [-0.05, 0) is 0 Å². The van der Waals surface area contributed by atoms with Crippen LogP contribution in [0.2, 0.25) is 0 Å². The molecule has 0 rings (SSSR count). The van der Waals surface area contributed by atoms with E-state index in [4.69, 9.17) is 0 Å². The van der Waals surface area contributed by atoms with Gasteiger partial charge in [0.1, 0.15) is 0 Å². The molecule has 0 saturated carbocycles. The summed E-state index contributed by atoms with van der Waals surface area (Å²) in [6, 6.07) is 0. The van der Waals surface area contributed by atoms with Crippen molar-refractivity contribution in [2.24, 2.45) is 0 Å². The number of rotatable bonds is 0. The zero-order chi connectivity index (χ0) is 0. The molecule has 0 spiro atoms. The predicted octanol–water partition coefficient (Wildman–Crippen LogP) is -1.14. The molecule has 0 aromatic heterocycles. The summed E-state index contributed by atoms with van der Waals surface area (Å²) in [5.41, 5.74) is 0. The van der Waals surface area contributed by atoms with E-state index in [0.29, 0.717) is 0 Å². The normalized spacial score (nSPS) is 0. The van der Waals surface area contributed by atoms with Crippen LogP contribution < -0.4 is 0 Å². The van der Waals surface area contributed by atoms with E-state index < -0.39 is 0 Å². The third-order valence-corrected chi connectivity index (χ3v) is 0. The van der Waals surface area contributed by atoms with Crippen molar-refractivity contribution in [2.45, 2.75) is 0 Å². The van der Waals surface area contributed by atoms with Crippen LogP contribution in [0.4, 0.5) is 0 Å². The van der Waals surface area contributed by atoms with Gasteiger partial charge in [-0.15, -0.1) is 0 Å². The van der Waals surface area contributed by atoms with Crippen molar-refractivity contribution in [3.63, 3.8) is 0 Å². The van der Waals surface area contributed by atoms with E-state index in [9.17, 15) is 0 Å². The molecular weight excluding hydrogens is 220 g/mol. The molecule has 0 aliphatic carbocycles. The molecule has 0 aliphatic heterocycles. The predicted molar refractivity (Wildman–Crippen MR) is 17.3 cm³/mol. The standard InChI is InChI=1S/3Al.La. The molecule has 0 atom stereocenters. The molecule has 0 aliphatic rings. The first kappa shape index (κ1) is 29.2. The summed E-state index contributed by atoms with van der Waals surface area (Å²) in [7, 11) is 0. The Balaban J connectivity index is 0. The van der Waals surface area contributed by atoms with Crippen LogP contribution in [0.3, 0.4) is 0 Å². The third-order valence-electron chi connectivity index (χ3n) is 0. The van der Waals surface area contributed by atoms with Crippen LogP contribution in [-0.4, -0.2) is 52.1 Å². The Kier molecular flexibility index (Phi) is 125. The van der Waals surface area contributed by atoms with Crippen molar-refractivity contribution >= 4 is 52.1 Å². The van der Waals surface area contributed by atoms with Gasteiger partial charge in [0, 0.05) is 87.7 Å². The molecule has 10 radical (unpaired) electrons. The number of hydrogen-bond donors (Lipinski definition) is 0. The van der Waals surface area contributed by atoms with Gasteiger partial charge in [-0.2, -0.15) is 0 Å². The van der Waals surface area contributed by atoms with Gasteiger partial charge in [0.15, 0.2) is 0 Å². The SMILES string of the molecule is [Al].[Al].[Al].[La]. The fourth-order valence-corrected chi connectivity index (χ4v) is 0. The second-order valence-electron chi connectivity index (χ2n) is 0. The fraction of sp³-hybridized carbons (Fsp3) is 0. The Morgan fingerprint density at radius 3 is 0.500 bits per heavy atom. The van der Waals surface area contributed by atoms with Gasteiger partial charge in [0.05, 0.1) is 0 Å². The summed E-state index contributed by atoms with van der Waals surface area (Å²) in [5.74, 6) is 0. The van der Waals surface area contributed by atoms with Gasteiger partial charge >= 0.3 is 0 Å². The molecule has 0 aromatic rings. The first-order chi connectivity index (χ1) is 0. The molecule has 0 amide bonds. The smallest absolute Gasteiger partial charge is 0 e. The molecule has 0 unspecified atom stereocenters. The Morgan fingerprint density at radius 1 is 0.500 bits per heavy atom. The van der Waals surface area contributed by atoms with Crippen LogP contribution in [0.25, 0.3) is 0 Å². The van der Waals surface area contributed by atoms with Gasteiger partial charge in [-0.1, -0.05) is 0 Å². The molecule has 0 N–H and O–H groups in total. The zero-order valence-corrected chi connectivity index (χ0v) is 9.40. The summed E-state index contributed by atoms with van der Waals surface area (Å²) in [5, 5.41) is 0. The zero-order valence-electron chi connectivity index (χ0n) is 2.31. The molecule has 12 valence electrons. The van der Waals surface area contributed by atoms with E-state index in [1.165, 1.54) is 0 Å². The van der Waals surface area contributed by atoms with E-state index in [-0.39, 0.29) is 87.7 Å². The van der Waals surface area contributed by atoms with Gasteiger partial charge in [0.25, 0.3) is 0 Å². The quantitative estimate of drug-likeness (QED) is 0.452. The van der Waals surface area contributed by atoms with Crippen molar-refractivity contribution in [3.05, 3.63) is 0 Å². The maximum absolute atomic E-state index is 0. The number of hydrogen-bond acceptors (Lipinski definition) is 0. The minimum atomic E-state index is 0. The summed E-state index contributed by atoms with van der Waals surface area (Å²) in [6.07, 6.45) is 0. The van der Waals surface area contributed by atoms with Crippen molar-refractivity contribution in [2.75, 3.05) is 0 Å². The fourth-order valence-electron chi connectivity index (χ4n) is 0. The average Bonchev–Trinajstić information content (AvgIpc) is 0. The molecule has 4 heteroatoms. The van der Waals surface area contributed by atoms with Crippen LogP contribution in [0.1, 0.15) is 0 Å². The summed E-state index contributed by atoms with van der Waals surface area (Å²) < 4.78 is 0. The van der Waals surface area contributed by atoms with E-state index in [0.717, 1.165) is 0 Å². The maximum atomic E-state index is 0. The molecule has 0 heterocycles. The van der Waals surface area contributed by atoms with Gasteiger partial charge in [-0.3, -0.25) is 0 Å². The molecule has 4 heavy (non-hydrogen) atoms. The second kappa shape index (κ2) is 17.1. The van der Waals surface area contributed by atoms with Crippen LogP contribution in [-0.2, 0) is 0 Å². The third kappa shape index (κ3) is 8.84. The van der Waals surface area contributed by atoms with E-state index in [2.05, 4.69) is 0 Å². The molecular formula is Al3La. The van der Waals surface area contributed by atoms with Crippen LogP contribution in [0.5, 0.6) is 0 Å². The van der Waals surface area contributed by atoms with Gasteiger partial charge in [-0.25, -0.2) is 0 Å². The van der Waals surface area contributed by atoms with Crippen molar-refractivity contribution in [3.8, 4) is 0 Å². The van der Waals surface area contributed by atoms with E-state index in [1.807, 2.05) is 0 Å². The Hall–Kier alpha value is 2.79. The molecule has 0 bridgehead atoms. The Labute approximate surface area is 86.1 Å². The Bertz CT molecular complexity index is 3.25. The van der Waals surface area contributed by atoms with E-state index in [1.54, 1.807) is 0 Å². The van der Waals surface area contributed by atoms with Crippen LogP contribution in [0, 0.1) is 35.6 Å². The van der Waals surface area contributed by atoms with Crippen molar-refractivity contribution < 1.29 is 35.6 Å². The van der Waals surface area contributed by atoms with Crippen LogP contribution in [0.15, 0.2) is 0 Å². The van der Waals surface area contributed by atoms with Crippen molar-refractivity contribution in [1.82, 2.24) is 0 Å². The van der Waals surface area contributed by atoms with Gasteiger partial charge < -0.3 is 0 Å². The molecule has 0 nitrogen and oxygen atoms in total. The average molecular weight is 220 g/mol. The summed E-state index contributed by atoms with van der Waals surface area (Å²) in [4.78, 5) is 0. The molecule has 0 fully saturated rings. The molecule has 0 saturated heterocycles. The minimum Gasteiger partial charge on any atom is 0 e. The first-order valence-electron chi connectivity index (χ1n) is 0. The first-order valence-corrected chi connectivity index (χ1v) is 0. The second-order valence-corrected chi connectivity index (χ2v) is 0. The minimum absolute atomic E-state index is 0. The topological polar surface area (TPSA) is 0 Å². The van der Waals surface area contributed by atoms with Crippen molar-refractivity contribution in [1.29, 1.82) is 0 Å². The summed E-state index contributed by atoms with van der Waals surface area (Å²) >= 11 is 0. The summed E-state index contributed by atoms with van der Waals surface area (Å²) in [6.45, 7) is 0. The van der Waals surface area contributed by atoms with Gasteiger partial charge in [0.2, 0.25) is 0 Å². The van der Waals surface area contributed by atoms with Crippen LogP contribution >= 0.6 is 0 Å². The monoisotopic (exact) mass is 220 g/mol.